The summed E-state index contributed by atoms with van der Waals surface area (Å²) in [6, 6.07) is 13.5. The second kappa shape index (κ2) is 7.82. The molecule has 1 heterocycles. The van der Waals surface area contributed by atoms with E-state index in [0.717, 1.165) is 12.0 Å². The van der Waals surface area contributed by atoms with E-state index in [1.807, 2.05) is 47.8 Å². The summed E-state index contributed by atoms with van der Waals surface area (Å²) in [5, 5.41) is 14.8. The number of rotatable bonds is 7. The molecule has 0 fully saturated rings. The number of hydrogen-bond donors (Lipinski definition) is 2. The lowest BCUT2D eigenvalue weighted by Gasteiger charge is -2.11. The topological polar surface area (TPSA) is 49.3 Å². The molecule has 0 saturated carbocycles. The van der Waals surface area contributed by atoms with E-state index in [1.165, 1.54) is 4.88 Å². The van der Waals surface area contributed by atoms with Gasteiger partial charge >= 0.3 is 0 Å². The summed E-state index contributed by atoms with van der Waals surface area (Å²) < 4.78 is 0. The van der Waals surface area contributed by atoms with E-state index in [-0.39, 0.29) is 5.91 Å². The van der Waals surface area contributed by atoms with Crippen LogP contribution in [0.4, 0.5) is 0 Å². The highest BCUT2D eigenvalue weighted by atomic mass is 32.1. The Morgan fingerprint density at radius 3 is 2.70 bits per heavy atom. The van der Waals surface area contributed by atoms with Crippen molar-refractivity contribution in [3.8, 4) is 0 Å². The Bertz CT molecular complexity index is 511. The highest BCUT2D eigenvalue weighted by Gasteiger charge is 2.08. The quantitative estimate of drug-likeness (QED) is 0.823. The largest absolute Gasteiger partial charge is 0.388 e. The summed E-state index contributed by atoms with van der Waals surface area (Å²) in [6.45, 7) is 0.499. The molecule has 0 spiro atoms. The standard InChI is InChI=1S/C16H19NO2S/c18-15(13-5-2-1-3-6-13)10-11-17-16(19)9-8-14-7-4-12-20-14/h1-7,12,15,18H,8-11H2,(H,17,19)/t15-/m0/s1. The molecule has 1 aromatic carbocycles. The summed E-state index contributed by atoms with van der Waals surface area (Å²) in [7, 11) is 0. The van der Waals surface area contributed by atoms with Crippen LogP contribution in [0.2, 0.25) is 0 Å². The molecule has 0 bridgehead atoms. The Labute approximate surface area is 123 Å². The molecule has 4 heteroatoms. The SMILES string of the molecule is O=C(CCc1cccs1)NCC[C@H](O)c1ccccc1. The van der Waals surface area contributed by atoms with Gasteiger partial charge in [0.25, 0.3) is 0 Å². The number of nitrogens with one attached hydrogen (secondary N) is 1. The molecule has 0 radical (unpaired) electrons. The molecule has 0 aliphatic carbocycles. The average molecular weight is 289 g/mol. The van der Waals surface area contributed by atoms with Gasteiger partial charge in [0.2, 0.25) is 5.91 Å². The van der Waals surface area contributed by atoms with Gasteiger partial charge in [-0.1, -0.05) is 36.4 Å². The van der Waals surface area contributed by atoms with E-state index in [2.05, 4.69) is 5.32 Å². The van der Waals surface area contributed by atoms with Crippen molar-refractivity contribution in [2.75, 3.05) is 6.54 Å². The van der Waals surface area contributed by atoms with Crippen LogP contribution < -0.4 is 5.32 Å². The maximum Gasteiger partial charge on any atom is 0.220 e. The lowest BCUT2D eigenvalue weighted by molar-refractivity contribution is -0.121. The van der Waals surface area contributed by atoms with Crippen molar-refractivity contribution in [1.82, 2.24) is 5.32 Å². The van der Waals surface area contributed by atoms with Gasteiger partial charge in [-0.3, -0.25) is 4.79 Å². The fourth-order valence-corrected chi connectivity index (χ4v) is 2.68. The number of carbonyl (C=O) groups is 1. The maximum absolute atomic E-state index is 11.7. The molecule has 1 amide bonds. The molecule has 2 aromatic rings. The van der Waals surface area contributed by atoms with Crippen molar-refractivity contribution >= 4 is 17.2 Å². The van der Waals surface area contributed by atoms with E-state index in [0.29, 0.717) is 19.4 Å². The molecule has 0 saturated heterocycles. The number of aryl methyl sites for hydroxylation is 1. The molecular formula is C16H19NO2S. The van der Waals surface area contributed by atoms with Crippen LogP contribution in [-0.2, 0) is 11.2 Å². The highest BCUT2D eigenvalue weighted by Crippen LogP contribution is 2.15. The molecule has 0 aliphatic rings. The first-order valence-electron chi connectivity index (χ1n) is 6.78. The van der Waals surface area contributed by atoms with Gasteiger partial charge in [-0.25, -0.2) is 0 Å². The van der Waals surface area contributed by atoms with Crippen molar-refractivity contribution in [3.05, 3.63) is 58.3 Å². The predicted molar refractivity (Wildman–Crippen MR) is 81.7 cm³/mol. The lowest BCUT2D eigenvalue weighted by Crippen LogP contribution is -2.25. The first kappa shape index (κ1) is 14.8. The molecule has 3 nitrogen and oxygen atoms in total. The molecule has 2 N–H and O–H groups in total. The third-order valence-corrected chi connectivity index (χ3v) is 4.04. The number of amides is 1. The van der Waals surface area contributed by atoms with Crippen LogP contribution in [0.15, 0.2) is 47.8 Å². The third kappa shape index (κ3) is 4.79. The third-order valence-electron chi connectivity index (χ3n) is 3.10. The van der Waals surface area contributed by atoms with Gasteiger partial charge in [0.05, 0.1) is 6.10 Å². The number of carbonyl (C=O) groups excluding carboxylic acids is 1. The van der Waals surface area contributed by atoms with Crippen LogP contribution >= 0.6 is 11.3 Å². The van der Waals surface area contributed by atoms with Gasteiger partial charge in [-0.2, -0.15) is 0 Å². The summed E-state index contributed by atoms with van der Waals surface area (Å²) in [5.41, 5.74) is 0.889. The van der Waals surface area contributed by atoms with Gasteiger partial charge in [0.1, 0.15) is 0 Å². The Balaban J connectivity index is 1.64. The number of benzene rings is 1. The smallest absolute Gasteiger partial charge is 0.220 e. The second-order valence-electron chi connectivity index (χ2n) is 4.64. The van der Waals surface area contributed by atoms with Gasteiger partial charge < -0.3 is 10.4 Å². The van der Waals surface area contributed by atoms with Crippen LogP contribution in [0.25, 0.3) is 0 Å². The molecule has 106 valence electrons. The van der Waals surface area contributed by atoms with Gasteiger partial charge in [0.15, 0.2) is 0 Å². The number of hydrogen-bond acceptors (Lipinski definition) is 3. The van der Waals surface area contributed by atoms with Crippen LogP contribution in [-0.4, -0.2) is 17.6 Å². The predicted octanol–water partition coefficient (Wildman–Crippen LogP) is 2.92. The zero-order chi connectivity index (χ0) is 14.2. The van der Waals surface area contributed by atoms with Crippen molar-refractivity contribution in [3.63, 3.8) is 0 Å². The van der Waals surface area contributed by atoms with Crippen molar-refractivity contribution in [2.45, 2.75) is 25.4 Å². The number of aliphatic hydroxyl groups is 1. The normalized spacial score (nSPS) is 12.1. The molecular weight excluding hydrogens is 270 g/mol. The first-order chi connectivity index (χ1) is 9.75. The van der Waals surface area contributed by atoms with E-state index < -0.39 is 6.10 Å². The van der Waals surface area contributed by atoms with E-state index in [9.17, 15) is 9.90 Å². The molecule has 1 aromatic heterocycles. The Morgan fingerprint density at radius 1 is 1.20 bits per heavy atom. The van der Waals surface area contributed by atoms with Crippen molar-refractivity contribution < 1.29 is 9.90 Å². The monoisotopic (exact) mass is 289 g/mol. The zero-order valence-electron chi connectivity index (χ0n) is 11.3. The summed E-state index contributed by atoms with van der Waals surface area (Å²) in [6.07, 6.45) is 1.30. The Hall–Kier alpha value is -1.65. The Kier molecular flexibility index (Phi) is 5.77. The fourth-order valence-electron chi connectivity index (χ4n) is 1.97. The van der Waals surface area contributed by atoms with Crippen molar-refractivity contribution in [2.24, 2.45) is 0 Å². The molecule has 2 rings (SSSR count). The van der Waals surface area contributed by atoms with E-state index in [1.54, 1.807) is 11.3 Å². The fraction of sp³-hybridized carbons (Fsp3) is 0.312. The van der Waals surface area contributed by atoms with Crippen LogP contribution in [0.3, 0.4) is 0 Å². The van der Waals surface area contributed by atoms with E-state index >= 15 is 0 Å². The highest BCUT2D eigenvalue weighted by molar-refractivity contribution is 7.09. The number of thiophene rings is 1. The second-order valence-corrected chi connectivity index (χ2v) is 5.68. The zero-order valence-corrected chi connectivity index (χ0v) is 12.1. The summed E-state index contributed by atoms with van der Waals surface area (Å²) in [4.78, 5) is 12.9. The summed E-state index contributed by atoms with van der Waals surface area (Å²) in [5.74, 6) is 0.0404. The lowest BCUT2D eigenvalue weighted by atomic mass is 10.1. The molecule has 0 aliphatic heterocycles. The molecule has 20 heavy (non-hydrogen) atoms. The molecule has 1 atom stereocenters. The molecule has 0 unspecified atom stereocenters. The Morgan fingerprint density at radius 2 is 2.00 bits per heavy atom. The summed E-state index contributed by atoms with van der Waals surface area (Å²) >= 11 is 1.67. The average Bonchev–Trinajstić information content (AvgIpc) is 2.99. The van der Waals surface area contributed by atoms with Gasteiger partial charge in [0, 0.05) is 17.8 Å². The van der Waals surface area contributed by atoms with Gasteiger partial charge in [-0.15, -0.1) is 11.3 Å². The minimum atomic E-state index is -0.520. The first-order valence-corrected chi connectivity index (χ1v) is 7.66. The van der Waals surface area contributed by atoms with Gasteiger partial charge in [-0.05, 0) is 29.9 Å². The van der Waals surface area contributed by atoms with Crippen LogP contribution in [0.5, 0.6) is 0 Å². The minimum Gasteiger partial charge on any atom is -0.388 e. The van der Waals surface area contributed by atoms with Crippen LogP contribution in [0.1, 0.15) is 29.4 Å². The number of aliphatic hydroxyl groups excluding tert-OH is 1. The maximum atomic E-state index is 11.7. The minimum absolute atomic E-state index is 0.0404. The van der Waals surface area contributed by atoms with Crippen molar-refractivity contribution in [1.29, 1.82) is 0 Å². The van der Waals surface area contributed by atoms with Crippen LogP contribution in [0, 0.1) is 0 Å². The van der Waals surface area contributed by atoms with E-state index in [4.69, 9.17) is 0 Å².